The van der Waals surface area contributed by atoms with Crippen LogP contribution < -0.4 is 11.1 Å². The summed E-state index contributed by atoms with van der Waals surface area (Å²) in [4.78, 5) is 13.8. The van der Waals surface area contributed by atoms with E-state index in [0.717, 1.165) is 0 Å². The molecule has 5 heteroatoms. The summed E-state index contributed by atoms with van der Waals surface area (Å²) in [5.41, 5.74) is 5.75. The Bertz CT molecular complexity index is 244. The highest BCUT2D eigenvalue weighted by Gasteiger charge is 2.33. The summed E-state index contributed by atoms with van der Waals surface area (Å²) in [7, 11) is 3.60. The molecule has 0 aromatic rings. The number of nitrogens with zero attached hydrogens (tertiary/aromatic N) is 1. The number of rotatable bonds is 8. The summed E-state index contributed by atoms with van der Waals surface area (Å²) in [5.74, 6) is 0.727. The van der Waals surface area contributed by atoms with Crippen LogP contribution >= 0.6 is 0 Å². The Morgan fingerprint density at radius 3 is 2.71 bits per heavy atom. The molecule has 0 aliphatic heterocycles. The lowest BCUT2D eigenvalue weighted by Gasteiger charge is -2.26. The predicted octanol–water partition coefficient (Wildman–Crippen LogP) is -0.193. The van der Waals surface area contributed by atoms with Gasteiger partial charge >= 0.3 is 0 Å². The summed E-state index contributed by atoms with van der Waals surface area (Å²) in [5, 5.41) is 2.90. The van der Waals surface area contributed by atoms with Gasteiger partial charge in [0.15, 0.2) is 0 Å². The van der Waals surface area contributed by atoms with Crippen molar-refractivity contribution in [3.8, 4) is 0 Å². The van der Waals surface area contributed by atoms with Gasteiger partial charge in [-0.1, -0.05) is 0 Å². The van der Waals surface area contributed by atoms with E-state index >= 15 is 0 Å². The summed E-state index contributed by atoms with van der Waals surface area (Å²) in [6.07, 6.45) is 2.49. The first-order chi connectivity index (χ1) is 8.08. The van der Waals surface area contributed by atoms with Gasteiger partial charge in [0.05, 0.1) is 13.2 Å². The van der Waals surface area contributed by atoms with Crippen LogP contribution in [0.4, 0.5) is 0 Å². The smallest absolute Gasteiger partial charge is 0.234 e. The Morgan fingerprint density at radius 1 is 1.59 bits per heavy atom. The highest BCUT2D eigenvalue weighted by molar-refractivity contribution is 5.78. The van der Waals surface area contributed by atoms with Crippen LogP contribution in [-0.4, -0.2) is 56.7 Å². The minimum atomic E-state index is 0.0381. The van der Waals surface area contributed by atoms with Gasteiger partial charge in [0.25, 0.3) is 0 Å². The minimum Gasteiger partial charge on any atom is -0.383 e. The molecular formula is C12H25N3O2. The molecule has 1 aliphatic rings. The lowest BCUT2D eigenvalue weighted by Crippen LogP contribution is -2.47. The molecule has 0 spiro atoms. The Kier molecular flexibility index (Phi) is 5.88. The summed E-state index contributed by atoms with van der Waals surface area (Å²) >= 11 is 0. The second kappa shape index (κ2) is 6.93. The molecule has 1 saturated carbocycles. The third-order valence-electron chi connectivity index (χ3n) is 3.19. The van der Waals surface area contributed by atoms with Gasteiger partial charge in [0.1, 0.15) is 0 Å². The number of hydrogen-bond donors (Lipinski definition) is 2. The minimum absolute atomic E-state index is 0.0381. The van der Waals surface area contributed by atoms with E-state index in [1.54, 1.807) is 7.11 Å². The number of carbonyl (C=O) groups excluding carboxylic acids is 1. The van der Waals surface area contributed by atoms with Gasteiger partial charge in [-0.15, -0.1) is 0 Å². The highest BCUT2D eigenvalue weighted by Crippen LogP contribution is 2.34. The molecule has 3 N–H and O–H groups in total. The molecular weight excluding hydrogens is 218 g/mol. The van der Waals surface area contributed by atoms with Crippen molar-refractivity contribution < 1.29 is 9.53 Å². The van der Waals surface area contributed by atoms with E-state index in [1.165, 1.54) is 12.8 Å². The number of methoxy groups -OCH3 is 1. The molecule has 0 bridgehead atoms. The maximum Gasteiger partial charge on any atom is 0.234 e. The fourth-order valence-corrected chi connectivity index (χ4v) is 2.17. The van der Waals surface area contributed by atoms with E-state index in [2.05, 4.69) is 10.2 Å². The van der Waals surface area contributed by atoms with E-state index in [4.69, 9.17) is 10.5 Å². The highest BCUT2D eigenvalue weighted by atomic mass is 16.5. The van der Waals surface area contributed by atoms with E-state index in [0.29, 0.717) is 31.7 Å². The van der Waals surface area contributed by atoms with Crippen LogP contribution in [0.5, 0.6) is 0 Å². The van der Waals surface area contributed by atoms with Gasteiger partial charge in [0, 0.05) is 25.7 Å². The van der Waals surface area contributed by atoms with Crippen LogP contribution in [0.25, 0.3) is 0 Å². The molecule has 0 heterocycles. The van der Waals surface area contributed by atoms with Gasteiger partial charge in [-0.25, -0.2) is 0 Å². The van der Waals surface area contributed by atoms with Crippen molar-refractivity contribution in [3.63, 3.8) is 0 Å². The van der Waals surface area contributed by atoms with Crippen LogP contribution in [0.15, 0.2) is 0 Å². The van der Waals surface area contributed by atoms with Crippen molar-refractivity contribution >= 4 is 5.91 Å². The Morgan fingerprint density at radius 2 is 2.24 bits per heavy atom. The normalized spacial score (nSPS) is 19.1. The number of nitrogens with two attached hydrogens (primary N) is 1. The van der Waals surface area contributed by atoms with Gasteiger partial charge in [-0.3, -0.25) is 9.69 Å². The second-order valence-electron chi connectivity index (χ2n) is 4.98. The monoisotopic (exact) mass is 243 g/mol. The average molecular weight is 243 g/mol. The topological polar surface area (TPSA) is 67.6 Å². The Labute approximate surface area is 104 Å². The van der Waals surface area contributed by atoms with Gasteiger partial charge in [0.2, 0.25) is 5.91 Å². The van der Waals surface area contributed by atoms with Crippen molar-refractivity contribution in [2.75, 3.05) is 33.9 Å². The largest absolute Gasteiger partial charge is 0.383 e. The SMILES string of the molecule is COCC(C)NC(=O)CN(C)C(CN)C1CC1. The average Bonchev–Trinajstić information content (AvgIpc) is 3.02. The molecule has 1 amide bonds. The maximum atomic E-state index is 11.8. The molecule has 2 atom stereocenters. The zero-order valence-corrected chi connectivity index (χ0v) is 11.1. The third kappa shape index (κ3) is 5.02. The molecule has 1 aliphatic carbocycles. The molecule has 0 saturated heterocycles. The number of ether oxygens (including phenoxy) is 1. The zero-order chi connectivity index (χ0) is 12.8. The number of nitrogens with one attached hydrogen (secondary N) is 1. The molecule has 0 radical (unpaired) electrons. The van der Waals surface area contributed by atoms with E-state index in [9.17, 15) is 4.79 Å². The van der Waals surface area contributed by atoms with Crippen molar-refractivity contribution in [2.24, 2.45) is 11.7 Å². The van der Waals surface area contributed by atoms with Crippen LogP contribution in [0.3, 0.4) is 0 Å². The van der Waals surface area contributed by atoms with Crippen molar-refractivity contribution in [3.05, 3.63) is 0 Å². The quantitative estimate of drug-likeness (QED) is 0.620. The van der Waals surface area contributed by atoms with Gasteiger partial charge in [-0.2, -0.15) is 0 Å². The maximum absolute atomic E-state index is 11.8. The first kappa shape index (κ1) is 14.4. The fraction of sp³-hybridized carbons (Fsp3) is 0.917. The van der Waals surface area contributed by atoms with Crippen molar-refractivity contribution in [1.82, 2.24) is 10.2 Å². The fourth-order valence-electron chi connectivity index (χ4n) is 2.17. The first-order valence-electron chi connectivity index (χ1n) is 6.27. The molecule has 2 unspecified atom stereocenters. The van der Waals surface area contributed by atoms with Crippen LogP contribution in [0.2, 0.25) is 0 Å². The molecule has 1 rings (SSSR count). The molecule has 0 aromatic heterocycles. The number of amides is 1. The molecule has 5 nitrogen and oxygen atoms in total. The van der Waals surface area contributed by atoms with Gasteiger partial charge in [-0.05, 0) is 32.7 Å². The van der Waals surface area contributed by atoms with Crippen LogP contribution in [0.1, 0.15) is 19.8 Å². The summed E-state index contributed by atoms with van der Waals surface area (Å²) in [6.45, 7) is 3.51. The van der Waals surface area contributed by atoms with E-state index in [-0.39, 0.29) is 11.9 Å². The lowest BCUT2D eigenvalue weighted by atomic mass is 10.1. The Balaban J connectivity index is 2.28. The first-order valence-corrected chi connectivity index (χ1v) is 6.27. The third-order valence-corrected chi connectivity index (χ3v) is 3.19. The standard InChI is InChI=1S/C12H25N3O2/c1-9(8-17-3)14-12(16)7-15(2)11(6-13)10-4-5-10/h9-11H,4-8,13H2,1-3H3,(H,14,16). The Hall–Kier alpha value is -0.650. The van der Waals surface area contributed by atoms with Crippen LogP contribution in [0, 0.1) is 5.92 Å². The molecule has 1 fully saturated rings. The number of hydrogen-bond acceptors (Lipinski definition) is 4. The second-order valence-corrected chi connectivity index (χ2v) is 4.98. The molecule has 100 valence electrons. The number of carbonyl (C=O) groups is 1. The van der Waals surface area contributed by atoms with Crippen molar-refractivity contribution in [1.29, 1.82) is 0 Å². The summed E-state index contributed by atoms with van der Waals surface area (Å²) in [6, 6.07) is 0.400. The molecule has 17 heavy (non-hydrogen) atoms. The number of likely N-dealkylation sites (N-methyl/N-ethyl adjacent to an activating group) is 1. The lowest BCUT2D eigenvalue weighted by molar-refractivity contribution is -0.123. The van der Waals surface area contributed by atoms with Crippen LogP contribution in [-0.2, 0) is 9.53 Å². The molecule has 0 aromatic carbocycles. The zero-order valence-electron chi connectivity index (χ0n) is 11.1. The van der Waals surface area contributed by atoms with Gasteiger partial charge < -0.3 is 15.8 Å². The summed E-state index contributed by atoms with van der Waals surface area (Å²) < 4.78 is 4.98. The van der Waals surface area contributed by atoms with Crippen molar-refractivity contribution in [2.45, 2.75) is 31.8 Å². The van der Waals surface area contributed by atoms with E-state index < -0.39 is 0 Å². The predicted molar refractivity (Wildman–Crippen MR) is 67.7 cm³/mol. The van der Waals surface area contributed by atoms with E-state index in [1.807, 2.05) is 14.0 Å².